The van der Waals surface area contributed by atoms with Gasteiger partial charge in [0, 0.05) is 25.2 Å². The molecule has 0 fully saturated rings. The first-order chi connectivity index (χ1) is 8.76. The van der Waals surface area contributed by atoms with E-state index in [2.05, 4.69) is 34.7 Å². The Hall–Kier alpha value is -0.490. The molecule has 0 saturated heterocycles. The van der Waals surface area contributed by atoms with E-state index in [-0.39, 0.29) is 24.0 Å². The fraction of sp³-hybridized carbons (Fsp3) is 0.500. The minimum atomic E-state index is 0. The van der Waals surface area contributed by atoms with E-state index >= 15 is 0 Å². The number of halogens is 2. The lowest BCUT2D eigenvalue weighted by Gasteiger charge is -2.10. The molecule has 3 nitrogen and oxygen atoms in total. The van der Waals surface area contributed by atoms with Gasteiger partial charge in [0.05, 0.1) is 0 Å². The summed E-state index contributed by atoms with van der Waals surface area (Å²) in [6, 6.07) is 8.02. The summed E-state index contributed by atoms with van der Waals surface area (Å²) in [4.78, 5) is 4.16. The first kappa shape index (κ1) is 18.5. The van der Waals surface area contributed by atoms with Crippen LogP contribution >= 0.6 is 35.6 Å². The van der Waals surface area contributed by atoms with Crippen molar-refractivity contribution in [2.75, 3.05) is 20.1 Å². The molecule has 5 heteroatoms. The molecule has 2 N–H and O–H groups in total. The number of benzene rings is 1. The topological polar surface area (TPSA) is 36.4 Å². The quantitative estimate of drug-likeness (QED) is 0.335. The van der Waals surface area contributed by atoms with E-state index in [4.69, 9.17) is 11.6 Å². The smallest absolute Gasteiger partial charge is 0.190 e. The van der Waals surface area contributed by atoms with Crippen molar-refractivity contribution in [1.29, 1.82) is 0 Å². The van der Waals surface area contributed by atoms with E-state index in [0.29, 0.717) is 0 Å². The molecule has 0 aliphatic rings. The van der Waals surface area contributed by atoms with Crippen molar-refractivity contribution in [2.45, 2.75) is 26.2 Å². The highest BCUT2D eigenvalue weighted by Gasteiger charge is 1.96. The maximum atomic E-state index is 5.85. The number of aliphatic imine (C=N–C) groups is 1. The second-order valence-corrected chi connectivity index (χ2v) is 4.59. The number of rotatable bonds is 6. The molecule has 0 heterocycles. The lowest BCUT2D eigenvalue weighted by atomic mass is 10.1. The van der Waals surface area contributed by atoms with Gasteiger partial charge in [-0.15, -0.1) is 24.0 Å². The predicted octanol–water partition coefficient (Wildman–Crippen LogP) is 3.47. The van der Waals surface area contributed by atoms with Crippen LogP contribution in [0.3, 0.4) is 0 Å². The van der Waals surface area contributed by atoms with Gasteiger partial charge in [0.2, 0.25) is 0 Å². The molecule has 0 bridgehead atoms. The summed E-state index contributed by atoms with van der Waals surface area (Å²) in [6.45, 7) is 4.02. The molecule has 0 aromatic heterocycles. The van der Waals surface area contributed by atoms with Crippen molar-refractivity contribution in [1.82, 2.24) is 10.6 Å². The Morgan fingerprint density at radius 2 is 1.79 bits per heavy atom. The van der Waals surface area contributed by atoms with Crippen molar-refractivity contribution in [3.05, 3.63) is 34.9 Å². The van der Waals surface area contributed by atoms with Gasteiger partial charge in [-0.25, -0.2) is 0 Å². The molecule has 1 rings (SSSR count). The normalized spacial score (nSPS) is 10.8. The van der Waals surface area contributed by atoms with Gasteiger partial charge >= 0.3 is 0 Å². The second-order valence-electron chi connectivity index (χ2n) is 4.16. The molecule has 0 radical (unpaired) electrons. The van der Waals surface area contributed by atoms with E-state index in [0.717, 1.165) is 43.3 Å². The molecule has 0 aliphatic carbocycles. The highest BCUT2D eigenvalue weighted by atomic mass is 127. The predicted molar refractivity (Wildman–Crippen MR) is 94.8 cm³/mol. The number of guanidine groups is 1. The molecule has 1 aromatic carbocycles. The Kier molecular flexibility index (Phi) is 11.1. The fourth-order valence-electron chi connectivity index (χ4n) is 1.61. The Labute approximate surface area is 138 Å². The Balaban J connectivity index is 0.00000324. The van der Waals surface area contributed by atoms with Crippen molar-refractivity contribution < 1.29 is 0 Å². The largest absolute Gasteiger partial charge is 0.356 e. The molecule has 0 atom stereocenters. The van der Waals surface area contributed by atoms with Gasteiger partial charge in [-0.1, -0.05) is 30.7 Å². The third-order valence-electron chi connectivity index (χ3n) is 2.61. The van der Waals surface area contributed by atoms with Gasteiger partial charge in [0.25, 0.3) is 0 Å². The summed E-state index contributed by atoms with van der Waals surface area (Å²) in [5, 5.41) is 7.34. The maximum Gasteiger partial charge on any atom is 0.190 e. The number of hydrogen-bond donors (Lipinski definition) is 2. The van der Waals surface area contributed by atoms with Gasteiger partial charge in [0.15, 0.2) is 5.96 Å². The molecule has 0 saturated carbocycles. The average molecular weight is 396 g/mol. The summed E-state index contributed by atoms with van der Waals surface area (Å²) in [5.74, 6) is 0.882. The molecular weight excluding hydrogens is 373 g/mol. The SMILES string of the molecule is CCCNC(=NC)NCCCc1ccc(Cl)cc1.I. The standard InChI is InChI=1S/C14H22ClN3.HI/c1-3-10-17-14(16-2)18-11-4-5-12-6-8-13(15)9-7-12;/h6-9H,3-5,10-11H2,1-2H3,(H2,16,17,18);1H. The first-order valence-electron chi connectivity index (χ1n) is 6.45. The van der Waals surface area contributed by atoms with E-state index in [1.165, 1.54) is 5.56 Å². The molecule has 0 unspecified atom stereocenters. The zero-order valence-electron chi connectivity index (χ0n) is 11.6. The molecular formula is C14H23ClIN3. The number of nitrogens with zero attached hydrogens (tertiary/aromatic N) is 1. The fourth-order valence-corrected chi connectivity index (χ4v) is 1.74. The first-order valence-corrected chi connectivity index (χ1v) is 6.83. The monoisotopic (exact) mass is 395 g/mol. The average Bonchev–Trinajstić information content (AvgIpc) is 2.40. The van der Waals surface area contributed by atoms with Gasteiger partial charge < -0.3 is 10.6 Å². The van der Waals surface area contributed by atoms with Gasteiger partial charge in [0.1, 0.15) is 0 Å². The van der Waals surface area contributed by atoms with Crippen LogP contribution in [0.1, 0.15) is 25.3 Å². The molecule has 0 aliphatic heterocycles. The summed E-state index contributed by atoms with van der Waals surface area (Å²) in [7, 11) is 1.80. The Morgan fingerprint density at radius 1 is 1.16 bits per heavy atom. The zero-order valence-corrected chi connectivity index (χ0v) is 14.7. The third-order valence-corrected chi connectivity index (χ3v) is 2.87. The number of aryl methyl sites for hydroxylation is 1. The van der Waals surface area contributed by atoms with Gasteiger partial charge in [-0.05, 0) is 37.0 Å². The van der Waals surface area contributed by atoms with Crippen molar-refractivity contribution >= 4 is 41.5 Å². The highest BCUT2D eigenvalue weighted by Crippen LogP contribution is 2.10. The summed E-state index contributed by atoms with van der Waals surface area (Å²) >= 11 is 5.85. The van der Waals surface area contributed by atoms with Gasteiger partial charge in [-0.2, -0.15) is 0 Å². The van der Waals surface area contributed by atoms with E-state index in [9.17, 15) is 0 Å². The van der Waals surface area contributed by atoms with E-state index in [1.807, 2.05) is 12.1 Å². The molecule has 0 amide bonds. The van der Waals surface area contributed by atoms with Crippen LogP contribution in [0.5, 0.6) is 0 Å². The van der Waals surface area contributed by atoms with Gasteiger partial charge in [-0.3, -0.25) is 4.99 Å². The summed E-state index contributed by atoms with van der Waals surface area (Å²) < 4.78 is 0. The van der Waals surface area contributed by atoms with E-state index in [1.54, 1.807) is 7.05 Å². The zero-order chi connectivity index (χ0) is 13.2. The Bertz CT molecular complexity index is 365. The van der Waals surface area contributed by atoms with Crippen molar-refractivity contribution in [3.63, 3.8) is 0 Å². The maximum absolute atomic E-state index is 5.85. The number of hydrogen-bond acceptors (Lipinski definition) is 1. The van der Waals surface area contributed by atoms with E-state index < -0.39 is 0 Å². The molecule has 108 valence electrons. The van der Waals surface area contributed by atoms with Crippen molar-refractivity contribution in [3.8, 4) is 0 Å². The van der Waals surface area contributed by atoms with Crippen LogP contribution < -0.4 is 10.6 Å². The van der Waals surface area contributed by atoms with Crippen LogP contribution in [0.4, 0.5) is 0 Å². The highest BCUT2D eigenvalue weighted by molar-refractivity contribution is 14.0. The van der Waals surface area contributed by atoms with Crippen LogP contribution in [0.25, 0.3) is 0 Å². The molecule has 19 heavy (non-hydrogen) atoms. The number of nitrogens with one attached hydrogen (secondary N) is 2. The third kappa shape index (κ3) is 8.31. The van der Waals surface area contributed by atoms with Crippen LogP contribution in [0.2, 0.25) is 5.02 Å². The van der Waals surface area contributed by atoms with Crippen molar-refractivity contribution in [2.24, 2.45) is 4.99 Å². The molecule has 1 aromatic rings. The Morgan fingerprint density at radius 3 is 2.37 bits per heavy atom. The minimum Gasteiger partial charge on any atom is -0.356 e. The summed E-state index contributed by atoms with van der Waals surface area (Å²) in [6.07, 6.45) is 3.23. The van der Waals surface area contributed by atoms with Crippen LogP contribution in [0.15, 0.2) is 29.3 Å². The lowest BCUT2D eigenvalue weighted by Crippen LogP contribution is -2.38. The second kappa shape index (κ2) is 11.3. The summed E-state index contributed by atoms with van der Waals surface area (Å²) in [5.41, 5.74) is 1.32. The lowest BCUT2D eigenvalue weighted by molar-refractivity contribution is 0.735. The minimum absolute atomic E-state index is 0. The van der Waals surface area contributed by atoms with Crippen LogP contribution in [-0.2, 0) is 6.42 Å². The van der Waals surface area contributed by atoms with Crippen LogP contribution in [0, 0.1) is 0 Å². The van der Waals surface area contributed by atoms with Crippen LogP contribution in [-0.4, -0.2) is 26.1 Å². The molecule has 0 spiro atoms.